The van der Waals surface area contributed by atoms with Gasteiger partial charge in [0.05, 0.1) is 11.1 Å². The van der Waals surface area contributed by atoms with E-state index >= 15 is 8.78 Å². The third-order valence-electron chi connectivity index (χ3n) is 6.69. The van der Waals surface area contributed by atoms with Gasteiger partial charge in [-0.15, -0.1) is 0 Å². The molecule has 0 N–H and O–H groups in total. The SMILES string of the molecule is FC(F)(F)C(F)(F)C(F)(F)C(F)(F)C(F)(C1=C(C(F)(C(F)(F)F)C(F)(F)C(F)(F)C(F)(F)C(F)(F)F)C(F)(F)C(F)(F)C(F)(F)C1(F)F)C(F)(F)F. The van der Waals surface area contributed by atoms with Crippen molar-refractivity contribution in [1.29, 1.82) is 0 Å². The molecule has 0 aromatic carbocycles. The van der Waals surface area contributed by atoms with Crippen molar-refractivity contribution >= 4 is 0 Å². The molecule has 0 radical (unpaired) electrons. The average molecular weight is 862 g/mol. The van der Waals surface area contributed by atoms with Gasteiger partial charge in [0.15, 0.2) is 0 Å². The van der Waals surface area contributed by atoms with Crippen LogP contribution < -0.4 is 0 Å². The Morgan fingerprint density at radius 1 is 0.231 bits per heavy atom. The Kier molecular flexibility index (Phi) is 10.0. The molecule has 1 aliphatic rings. The Morgan fingerprint density at radius 2 is 0.404 bits per heavy atom. The second-order valence-corrected chi connectivity index (χ2v) is 9.80. The largest absolute Gasteiger partial charge is 0.460 e. The van der Waals surface area contributed by atoms with Gasteiger partial charge in [-0.2, -0.15) is 140 Å². The highest BCUT2D eigenvalue weighted by molar-refractivity contribution is 5.53. The number of alkyl halides is 34. The summed E-state index contributed by atoms with van der Waals surface area (Å²) in [5.74, 6) is -97.9. The molecule has 52 heavy (non-hydrogen) atoms. The fourth-order valence-electron chi connectivity index (χ4n) is 3.94. The maximum Gasteiger partial charge on any atom is 0.460 e. The van der Waals surface area contributed by atoms with Gasteiger partial charge in [0, 0.05) is 0 Å². The smallest absolute Gasteiger partial charge is 0.221 e. The molecule has 0 bridgehead atoms. The van der Waals surface area contributed by atoms with Crippen LogP contribution >= 0.6 is 0 Å². The van der Waals surface area contributed by atoms with Crippen molar-refractivity contribution < 1.29 is 149 Å². The molecule has 2 atom stereocenters. The van der Waals surface area contributed by atoms with E-state index in [1.54, 1.807) is 0 Å². The van der Waals surface area contributed by atoms with Gasteiger partial charge in [-0.3, -0.25) is 0 Å². The van der Waals surface area contributed by atoms with Gasteiger partial charge in [0.25, 0.3) is 0 Å². The Morgan fingerprint density at radius 3 is 0.538 bits per heavy atom. The molecular weight excluding hydrogens is 862 g/mol. The lowest BCUT2D eigenvalue weighted by Gasteiger charge is -2.53. The molecule has 0 saturated carbocycles. The third kappa shape index (κ3) is 5.02. The van der Waals surface area contributed by atoms with E-state index in [0.29, 0.717) is 0 Å². The summed E-state index contributed by atoms with van der Waals surface area (Å²) in [6, 6.07) is 0. The van der Waals surface area contributed by atoms with E-state index in [4.69, 9.17) is 0 Å². The first-order valence-corrected chi connectivity index (χ1v) is 10.9. The number of hydrogen-bond acceptors (Lipinski definition) is 0. The summed E-state index contributed by atoms with van der Waals surface area (Å²) in [6.45, 7) is 0. The van der Waals surface area contributed by atoms with Crippen LogP contribution in [0.4, 0.5) is 149 Å². The van der Waals surface area contributed by atoms with Gasteiger partial charge in [0.2, 0.25) is 0 Å². The van der Waals surface area contributed by atoms with E-state index < -0.39 is 106 Å². The van der Waals surface area contributed by atoms with Crippen LogP contribution in [0.1, 0.15) is 0 Å². The molecule has 1 aliphatic carbocycles. The van der Waals surface area contributed by atoms with Gasteiger partial charge in [-0.25, -0.2) is 8.78 Å². The van der Waals surface area contributed by atoms with Crippen LogP contribution in [0.3, 0.4) is 0 Å². The first kappa shape index (κ1) is 47.4. The predicted octanol–water partition coefficient (Wildman–Crippen LogP) is 11.3. The van der Waals surface area contributed by atoms with Crippen LogP contribution in [0.25, 0.3) is 0 Å². The zero-order valence-corrected chi connectivity index (χ0v) is 21.9. The fourth-order valence-corrected chi connectivity index (χ4v) is 3.94. The van der Waals surface area contributed by atoms with Gasteiger partial charge in [0.1, 0.15) is 0 Å². The summed E-state index contributed by atoms with van der Waals surface area (Å²) in [7, 11) is 0. The number of halogens is 34. The summed E-state index contributed by atoms with van der Waals surface area (Å²) in [5.41, 5.74) is -36.5. The van der Waals surface area contributed by atoms with E-state index in [9.17, 15) is 140 Å². The first-order valence-electron chi connectivity index (χ1n) is 10.9. The Balaban J connectivity index is 5.33. The Hall–Kier alpha value is -2.64. The van der Waals surface area contributed by atoms with E-state index in [1.807, 2.05) is 0 Å². The lowest BCUT2D eigenvalue weighted by atomic mass is 9.64. The summed E-state index contributed by atoms with van der Waals surface area (Å²) in [6.07, 6.45) is -37.1. The predicted molar refractivity (Wildman–Crippen MR) is 88.4 cm³/mol. The minimum Gasteiger partial charge on any atom is -0.221 e. The molecule has 0 saturated heterocycles. The molecule has 0 amide bonds. The standard InChI is InChI=1S/C18F34/c19-3(15(41,42)43,7(25,26)11(33,34)13(37,38)17(47,48)49)1-2(6(23,24)10(31,32)9(29,30)5(1,21)22)4(20,16(44,45)46)8(27,28)12(35,36)14(39,40)18(50,51)52. The van der Waals surface area contributed by atoms with Crippen LogP contribution in [-0.4, -0.2) is 95.3 Å². The van der Waals surface area contributed by atoms with Crippen molar-refractivity contribution in [2.24, 2.45) is 0 Å². The molecule has 310 valence electrons. The van der Waals surface area contributed by atoms with Gasteiger partial charge < -0.3 is 0 Å². The highest BCUT2D eigenvalue weighted by Gasteiger charge is 3.01. The molecule has 0 aliphatic heterocycles. The molecule has 0 spiro atoms. The zero-order valence-electron chi connectivity index (χ0n) is 21.9. The zero-order chi connectivity index (χ0) is 43.2. The maximum atomic E-state index is 15.3. The molecule has 0 fully saturated rings. The fraction of sp³-hybridized carbons (Fsp3) is 0.889. The molecule has 0 aromatic heterocycles. The van der Waals surface area contributed by atoms with Crippen LogP contribution in [0.2, 0.25) is 0 Å². The molecule has 34 heteroatoms. The minimum atomic E-state index is -10.5. The molecule has 1 rings (SSSR count). The number of hydrogen-bond donors (Lipinski definition) is 0. The normalized spacial score (nSPS) is 23.7. The quantitative estimate of drug-likeness (QED) is 0.168. The van der Waals surface area contributed by atoms with Crippen LogP contribution in [-0.2, 0) is 0 Å². The van der Waals surface area contributed by atoms with Crippen LogP contribution in [0.5, 0.6) is 0 Å². The topological polar surface area (TPSA) is 0 Å². The first-order chi connectivity index (χ1) is 21.7. The summed E-state index contributed by atoms with van der Waals surface area (Å²) < 4.78 is 467. The molecule has 2 unspecified atom stereocenters. The summed E-state index contributed by atoms with van der Waals surface area (Å²) in [5, 5.41) is 0. The van der Waals surface area contributed by atoms with Crippen molar-refractivity contribution in [2.45, 2.75) is 95.3 Å². The Bertz CT molecular complexity index is 1300. The van der Waals surface area contributed by atoms with Crippen molar-refractivity contribution in [2.75, 3.05) is 0 Å². The third-order valence-corrected chi connectivity index (χ3v) is 6.69. The summed E-state index contributed by atoms with van der Waals surface area (Å²) in [4.78, 5) is 0. The monoisotopic (exact) mass is 862 g/mol. The van der Waals surface area contributed by atoms with Crippen LogP contribution in [0, 0.1) is 0 Å². The number of rotatable bonds is 8. The van der Waals surface area contributed by atoms with E-state index in [0.717, 1.165) is 0 Å². The molecule has 0 heterocycles. The van der Waals surface area contributed by atoms with Crippen molar-refractivity contribution in [3.05, 3.63) is 11.1 Å². The highest BCUT2D eigenvalue weighted by atomic mass is 19.5. The van der Waals surface area contributed by atoms with E-state index in [1.165, 1.54) is 0 Å². The molecular formula is C18F34. The Labute approximate surface area is 257 Å². The lowest BCUT2D eigenvalue weighted by molar-refractivity contribution is -0.441. The molecule has 0 nitrogen and oxygen atoms in total. The van der Waals surface area contributed by atoms with Crippen molar-refractivity contribution in [3.8, 4) is 0 Å². The van der Waals surface area contributed by atoms with Gasteiger partial charge in [-0.1, -0.05) is 0 Å². The van der Waals surface area contributed by atoms with Crippen LogP contribution in [0.15, 0.2) is 11.1 Å². The average Bonchev–Trinajstić information content (AvgIpc) is 2.86. The minimum absolute atomic E-state index is 7.72. The maximum absolute atomic E-state index is 15.3. The second kappa shape index (κ2) is 11.0. The second-order valence-electron chi connectivity index (χ2n) is 9.80. The van der Waals surface area contributed by atoms with Gasteiger partial charge in [-0.05, 0) is 0 Å². The highest BCUT2D eigenvalue weighted by Crippen LogP contribution is 2.74. The molecule has 0 aromatic rings. The summed E-state index contributed by atoms with van der Waals surface area (Å²) >= 11 is 0. The van der Waals surface area contributed by atoms with E-state index in [2.05, 4.69) is 0 Å². The van der Waals surface area contributed by atoms with E-state index in [-0.39, 0.29) is 0 Å². The number of allylic oxidation sites excluding steroid dienone is 2. The van der Waals surface area contributed by atoms with Gasteiger partial charge >= 0.3 is 95.3 Å². The van der Waals surface area contributed by atoms with Crippen molar-refractivity contribution in [1.82, 2.24) is 0 Å². The van der Waals surface area contributed by atoms with Crippen molar-refractivity contribution in [3.63, 3.8) is 0 Å². The lowest BCUT2D eigenvalue weighted by Crippen LogP contribution is -2.80.